The van der Waals surface area contributed by atoms with Crippen LogP contribution >= 0.6 is 0 Å². The summed E-state index contributed by atoms with van der Waals surface area (Å²) in [5, 5.41) is 0. The zero-order valence-corrected chi connectivity index (χ0v) is 28.9. The molecule has 2 heteroatoms. The van der Waals surface area contributed by atoms with Crippen LogP contribution in [0.1, 0.15) is 133 Å². The normalized spacial score (nSPS) is 29.6. The zero-order valence-electron chi connectivity index (χ0n) is 28.9. The molecule has 0 saturated heterocycles. The molecule has 1 fully saturated rings. The smallest absolute Gasteiger partial charge is 0.312 e. The first kappa shape index (κ1) is 34.4. The molecule has 0 aromatic heterocycles. The van der Waals surface area contributed by atoms with Crippen molar-refractivity contribution in [1.82, 2.24) is 0 Å². The highest BCUT2D eigenvalue weighted by Gasteiger charge is 2.58. The molecule has 3 rings (SSSR count). The molecular formula is C40H62O2. The molecule has 0 aliphatic heterocycles. The lowest BCUT2D eigenvalue weighted by Gasteiger charge is -2.57. The molecule has 0 radical (unpaired) electrons. The molecule has 0 aromatic rings. The van der Waals surface area contributed by atoms with E-state index in [0.717, 1.165) is 44.9 Å². The van der Waals surface area contributed by atoms with E-state index in [1.807, 2.05) is 6.08 Å². The summed E-state index contributed by atoms with van der Waals surface area (Å²) in [7, 11) is 0. The summed E-state index contributed by atoms with van der Waals surface area (Å²) in [5.41, 5.74) is 6.09. The Labute approximate surface area is 259 Å². The summed E-state index contributed by atoms with van der Waals surface area (Å²) in [6, 6.07) is 0. The molecule has 2 nitrogen and oxygen atoms in total. The Balaban J connectivity index is 1.86. The first-order chi connectivity index (χ1) is 19.7. The summed E-state index contributed by atoms with van der Waals surface area (Å²) >= 11 is 0. The SMILES string of the molecule is C=CC(C)(OC(=O)[C@]1(C)CCC[C@@]2(C)C1CC=C1C=C(C(C)C)CC[C@@H]12)C(CC=C(C)C)C/C=C(\C)CCC=C(C)C. The van der Waals surface area contributed by atoms with E-state index in [-0.39, 0.29) is 17.3 Å². The molecule has 0 aromatic carbocycles. The van der Waals surface area contributed by atoms with Crippen molar-refractivity contribution in [3.8, 4) is 0 Å². The molecule has 1 saturated carbocycles. The van der Waals surface area contributed by atoms with Crippen LogP contribution in [0.4, 0.5) is 0 Å². The molecule has 0 N–H and O–H groups in total. The van der Waals surface area contributed by atoms with Gasteiger partial charge in [-0.2, -0.15) is 0 Å². The fraction of sp³-hybridized carbons (Fsp3) is 0.675. The number of hydrogen-bond acceptors (Lipinski definition) is 2. The van der Waals surface area contributed by atoms with E-state index >= 15 is 0 Å². The number of carbonyl (C=O) groups excluding carboxylic acids is 1. The Morgan fingerprint density at radius 1 is 1.07 bits per heavy atom. The van der Waals surface area contributed by atoms with Crippen LogP contribution in [0.15, 0.2) is 70.9 Å². The van der Waals surface area contributed by atoms with Crippen LogP contribution in [0.5, 0.6) is 0 Å². The number of ether oxygens (including phenoxy) is 1. The van der Waals surface area contributed by atoms with Crippen molar-refractivity contribution in [1.29, 1.82) is 0 Å². The monoisotopic (exact) mass is 574 g/mol. The van der Waals surface area contributed by atoms with Gasteiger partial charge in [0.2, 0.25) is 0 Å². The van der Waals surface area contributed by atoms with Crippen LogP contribution < -0.4 is 0 Å². The first-order valence-electron chi connectivity index (χ1n) is 16.9. The first-order valence-corrected chi connectivity index (χ1v) is 16.9. The van der Waals surface area contributed by atoms with E-state index < -0.39 is 11.0 Å². The summed E-state index contributed by atoms with van der Waals surface area (Å²) < 4.78 is 6.69. The van der Waals surface area contributed by atoms with Crippen LogP contribution in [0.25, 0.3) is 0 Å². The third-order valence-corrected chi connectivity index (χ3v) is 11.2. The molecule has 0 amide bonds. The largest absolute Gasteiger partial charge is 0.454 e. The van der Waals surface area contributed by atoms with Crippen LogP contribution in [0.3, 0.4) is 0 Å². The average Bonchev–Trinajstić information content (AvgIpc) is 2.92. The van der Waals surface area contributed by atoms with E-state index in [1.54, 1.807) is 5.57 Å². The number of carbonyl (C=O) groups is 1. The Morgan fingerprint density at radius 3 is 2.36 bits per heavy atom. The van der Waals surface area contributed by atoms with Crippen molar-refractivity contribution in [3.63, 3.8) is 0 Å². The Hall–Kier alpha value is -2.09. The molecule has 0 heterocycles. The summed E-state index contributed by atoms with van der Waals surface area (Å²) in [4.78, 5) is 14.4. The predicted molar refractivity (Wildman–Crippen MR) is 181 cm³/mol. The number of allylic oxidation sites excluding steroid dienone is 10. The van der Waals surface area contributed by atoms with Gasteiger partial charge in [0.1, 0.15) is 5.60 Å². The maximum absolute atomic E-state index is 14.4. The predicted octanol–water partition coefficient (Wildman–Crippen LogP) is 11.7. The van der Waals surface area contributed by atoms with E-state index in [4.69, 9.17) is 4.74 Å². The van der Waals surface area contributed by atoms with Gasteiger partial charge in [0, 0.05) is 5.92 Å². The van der Waals surface area contributed by atoms with Gasteiger partial charge in [-0.15, -0.1) is 0 Å². The van der Waals surface area contributed by atoms with Crippen molar-refractivity contribution in [3.05, 3.63) is 70.9 Å². The number of esters is 1. The van der Waals surface area contributed by atoms with Gasteiger partial charge in [0.15, 0.2) is 0 Å². The van der Waals surface area contributed by atoms with Crippen molar-refractivity contribution < 1.29 is 9.53 Å². The van der Waals surface area contributed by atoms with Gasteiger partial charge in [-0.25, -0.2) is 0 Å². The van der Waals surface area contributed by atoms with E-state index in [2.05, 4.69) is 106 Å². The summed E-state index contributed by atoms with van der Waals surface area (Å²) in [5.74, 6) is 1.58. The maximum atomic E-state index is 14.4. The summed E-state index contributed by atoms with van der Waals surface area (Å²) in [6.45, 7) is 26.5. The lowest BCUT2D eigenvalue weighted by atomic mass is 9.47. The minimum absolute atomic E-state index is 0.0154. The third-order valence-electron chi connectivity index (χ3n) is 11.2. The van der Waals surface area contributed by atoms with Crippen molar-refractivity contribution in [2.45, 2.75) is 139 Å². The van der Waals surface area contributed by atoms with Gasteiger partial charge in [0.25, 0.3) is 0 Å². The number of hydrogen-bond donors (Lipinski definition) is 0. The van der Waals surface area contributed by atoms with E-state index in [1.165, 1.54) is 41.6 Å². The molecule has 42 heavy (non-hydrogen) atoms. The molecule has 0 bridgehead atoms. The van der Waals surface area contributed by atoms with Crippen LogP contribution in [-0.2, 0) is 9.53 Å². The van der Waals surface area contributed by atoms with Crippen molar-refractivity contribution in [2.24, 2.45) is 34.5 Å². The second kappa shape index (κ2) is 14.1. The fourth-order valence-corrected chi connectivity index (χ4v) is 8.17. The molecule has 0 spiro atoms. The zero-order chi connectivity index (χ0) is 31.3. The second-order valence-corrected chi connectivity index (χ2v) is 15.3. The van der Waals surface area contributed by atoms with Crippen molar-refractivity contribution >= 4 is 5.97 Å². The van der Waals surface area contributed by atoms with Gasteiger partial charge in [0.05, 0.1) is 5.41 Å². The van der Waals surface area contributed by atoms with Gasteiger partial charge in [-0.3, -0.25) is 4.79 Å². The number of fused-ring (bicyclic) bond motifs is 3. The minimum Gasteiger partial charge on any atom is -0.454 e. The quantitative estimate of drug-likeness (QED) is 0.171. The fourth-order valence-electron chi connectivity index (χ4n) is 8.17. The van der Waals surface area contributed by atoms with Crippen LogP contribution in [-0.4, -0.2) is 11.6 Å². The van der Waals surface area contributed by atoms with Crippen LogP contribution in [0, 0.1) is 34.5 Å². The Morgan fingerprint density at radius 2 is 1.74 bits per heavy atom. The standard InChI is InChI=1S/C40H62O2/c1-12-40(11,34(21-17-29(4)5)22-18-31(8)16-13-15-28(2)3)42-37(41)39(10)26-14-25-38(9)35-23-19-32(30(6)7)27-33(35)20-24-36(38)39/h12,15,17-18,20,27,30,34-36H,1,13-14,16,19,21-26H2,2-11H3/b31-18+/t34?,35-,36?,38+,39+,40?/m0/s1. The molecular weight excluding hydrogens is 512 g/mol. The highest BCUT2D eigenvalue weighted by atomic mass is 16.6. The van der Waals surface area contributed by atoms with E-state index in [9.17, 15) is 4.79 Å². The highest BCUT2D eigenvalue weighted by molar-refractivity contribution is 5.78. The molecule has 234 valence electrons. The van der Waals surface area contributed by atoms with E-state index in [0.29, 0.717) is 17.8 Å². The van der Waals surface area contributed by atoms with Crippen LogP contribution in [0.2, 0.25) is 0 Å². The topological polar surface area (TPSA) is 26.3 Å². The minimum atomic E-state index is -0.730. The van der Waals surface area contributed by atoms with Crippen molar-refractivity contribution in [2.75, 3.05) is 0 Å². The highest BCUT2D eigenvalue weighted by Crippen LogP contribution is 2.62. The van der Waals surface area contributed by atoms with Gasteiger partial charge in [-0.05, 0) is 141 Å². The van der Waals surface area contributed by atoms with Gasteiger partial charge >= 0.3 is 5.97 Å². The third kappa shape index (κ3) is 7.70. The molecule has 3 aliphatic rings. The Bertz CT molecular complexity index is 1130. The lowest BCUT2D eigenvalue weighted by Crippen LogP contribution is -2.55. The maximum Gasteiger partial charge on any atom is 0.312 e. The molecule has 3 aliphatic carbocycles. The number of rotatable bonds is 12. The second-order valence-electron chi connectivity index (χ2n) is 15.3. The van der Waals surface area contributed by atoms with Gasteiger partial charge in [-0.1, -0.05) is 86.4 Å². The average molecular weight is 575 g/mol. The lowest BCUT2D eigenvalue weighted by molar-refractivity contribution is -0.183. The van der Waals surface area contributed by atoms with Gasteiger partial charge < -0.3 is 4.74 Å². The summed E-state index contributed by atoms with van der Waals surface area (Å²) in [6.07, 6.45) is 24.3. The molecule has 3 unspecified atom stereocenters. The Kier molecular flexibility index (Phi) is 11.6. The molecule has 6 atom stereocenters.